The third-order valence-electron chi connectivity index (χ3n) is 2.04. The van der Waals surface area contributed by atoms with Crippen LogP contribution >= 0.6 is 11.6 Å². The first kappa shape index (κ1) is 11.3. The predicted molar refractivity (Wildman–Crippen MR) is 60.6 cm³/mol. The van der Waals surface area contributed by atoms with Gasteiger partial charge in [0.15, 0.2) is 0 Å². The number of halogens is 1. The van der Waals surface area contributed by atoms with Crippen LogP contribution in [0.2, 0.25) is 5.02 Å². The van der Waals surface area contributed by atoms with Crippen molar-refractivity contribution in [3.8, 4) is 0 Å². The Hall–Kier alpha value is -0.790. The average molecular weight is 211 g/mol. The summed E-state index contributed by atoms with van der Waals surface area (Å²) in [5, 5.41) is 10.5. The van der Waals surface area contributed by atoms with Crippen LogP contribution in [0.4, 0.5) is 0 Å². The molecule has 1 rings (SSSR count). The molecule has 2 heteroatoms. The molecule has 14 heavy (non-hydrogen) atoms. The molecule has 0 bridgehead atoms. The highest BCUT2D eigenvalue weighted by Gasteiger charge is 2.07. The molecule has 0 spiro atoms. The van der Waals surface area contributed by atoms with E-state index in [1.54, 1.807) is 6.07 Å². The molecule has 76 valence electrons. The molecule has 0 heterocycles. The summed E-state index contributed by atoms with van der Waals surface area (Å²) >= 11 is 5.83. The lowest BCUT2D eigenvalue weighted by Crippen LogP contribution is -1.96. The summed E-state index contributed by atoms with van der Waals surface area (Å²) in [6, 6.07) is 5.52. The fourth-order valence-corrected chi connectivity index (χ4v) is 1.60. The zero-order valence-corrected chi connectivity index (χ0v) is 9.47. The standard InChI is InChI=1S/C12H15ClO/c1-8(2)6-12(14)11-5-4-10(13)7-9(11)3/h4-7,12,14H,1-3H3. The molecular formula is C12H15ClO. The SMILES string of the molecule is CC(C)=CC(O)c1ccc(Cl)cc1C. The maximum absolute atomic E-state index is 9.84. The Labute approximate surface area is 90.0 Å². The lowest BCUT2D eigenvalue weighted by atomic mass is 10.0. The molecule has 1 N–H and O–H groups in total. The van der Waals surface area contributed by atoms with Crippen LogP contribution in [0, 0.1) is 6.92 Å². The minimum atomic E-state index is -0.530. The van der Waals surface area contributed by atoms with Crippen LogP contribution in [0.1, 0.15) is 31.1 Å². The molecule has 0 aliphatic heterocycles. The van der Waals surface area contributed by atoms with Crippen LogP contribution in [0.3, 0.4) is 0 Å². The number of aliphatic hydroxyl groups excluding tert-OH is 1. The first-order valence-corrected chi connectivity index (χ1v) is 4.97. The zero-order chi connectivity index (χ0) is 10.7. The van der Waals surface area contributed by atoms with Crippen molar-refractivity contribution >= 4 is 11.6 Å². The monoisotopic (exact) mass is 210 g/mol. The van der Waals surface area contributed by atoms with E-state index in [-0.39, 0.29) is 0 Å². The number of aryl methyl sites for hydroxylation is 1. The van der Waals surface area contributed by atoms with Gasteiger partial charge in [0, 0.05) is 5.02 Å². The van der Waals surface area contributed by atoms with Crippen molar-refractivity contribution in [2.45, 2.75) is 26.9 Å². The van der Waals surface area contributed by atoms with Gasteiger partial charge in [-0.15, -0.1) is 0 Å². The second-order valence-electron chi connectivity index (χ2n) is 3.69. The molecule has 0 saturated heterocycles. The number of hydrogen-bond acceptors (Lipinski definition) is 1. The molecule has 1 unspecified atom stereocenters. The molecule has 0 fully saturated rings. The summed E-state index contributed by atoms with van der Waals surface area (Å²) in [7, 11) is 0. The highest BCUT2D eigenvalue weighted by Crippen LogP contribution is 2.22. The van der Waals surface area contributed by atoms with Gasteiger partial charge in [-0.05, 0) is 44.0 Å². The molecule has 0 radical (unpaired) electrons. The van der Waals surface area contributed by atoms with E-state index in [0.717, 1.165) is 16.7 Å². The van der Waals surface area contributed by atoms with Crippen molar-refractivity contribution < 1.29 is 5.11 Å². The van der Waals surface area contributed by atoms with Crippen molar-refractivity contribution in [2.24, 2.45) is 0 Å². The molecule has 1 nitrogen and oxygen atoms in total. The van der Waals surface area contributed by atoms with Crippen LogP contribution in [0.25, 0.3) is 0 Å². The molecule has 0 saturated carbocycles. The van der Waals surface area contributed by atoms with Crippen LogP contribution in [-0.4, -0.2) is 5.11 Å². The van der Waals surface area contributed by atoms with Gasteiger partial charge in [0.1, 0.15) is 0 Å². The highest BCUT2D eigenvalue weighted by atomic mass is 35.5. The largest absolute Gasteiger partial charge is 0.384 e. The first-order chi connectivity index (χ1) is 6.50. The Morgan fingerprint density at radius 1 is 1.43 bits per heavy atom. The van der Waals surface area contributed by atoms with E-state index in [4.69, 9.17) is 11.6 Å². The first-order valence-electron chi connectivity index (χ1n) is 4.60. The number of hydrogen-bond donors (Lipinski definition) is 1. The second kappa shape index (κ2) is 4.63. The normalized spacial score (nSPS) is 12.4. The van der Waals surface area contributed by atoms with Crippen molar-refractivity contribution in [2.75, 3.05) is 0 Å². The molecule has 0 aromatic heterocycles. The Balaban J connectivity index is 3.02. The van der Waals surface area contributed by atoms with Gasteiger partial charge >= 0.3 is 0 Å². The van der Waals surface area contributed by atoms with E-state index in [1.165, 1.54) is 0 Å². The molecule has 1 aromatic carbocycles. The van der Waals surface area contributed by atoms with E-state index in [1.807, 2.05) is 39.0 Å². The molecule has 0 aliphatic carbocycles. The molecular weight excluding hydrogens is 196 g/mol. The van der Waals surface area contributed by atoms with Gasteiger partial charge in [-0.25, -0.2) is 0 Å². The lowest BCUT2D eigenvalue weighted by molar-refractivity contribution is 0.227. The lowest BCUT2D eigenvalue weighted by Gasteiger charge is -2.10. The quantitative estimate of drug-likeness (QED) is 0.739. The van der Waals surface area contributed by atoms with Gasteiger partial charge in [-0.2, -0.15) is 0 Å². The van der Waals surface area contributed by atoms with Crippen molar-refractivity contribution in [3.05, 3.63) is 46.0 Å². The Morgan fingerprint density at radius 2 is 2.07 bits per heavy atom. The van der Waals surface area contributed by atoms with Gasteiger partial charge in [0.2, 0.25) is 0 Å². The number of rotatable bonds is 2. The van der Waals surface area contributed by atoms with Crippen molar-refractivity contribution in [1.82, 2.24) is 0 Å². The Kier molecular flexibility index (Phi) is 3.73. The van der Waals surface area contributed by atoms with E-state index in [2.05, 4.69) is 0 Å². The van der Waals surface area contributed by atoms with Gasteiger partial charge in [-0.1, -0.05) is 29.3 Å². The van der Waals surface area contributed by atoms with Crippen molar-refractivity contribution in [3.63, 3.8) is 0 Å². The third kappa shape index (κ3) is 2.86. The van der Waals surface area contributed by atoms with Crippen LogP contribution < -0.4 is 0 Å². The van der Waals surface area contributed by atoms with Crippen LogP contribution in [0.15, 0.2) is 29.8 Å². The van der Waals surface area contributed by atoms with Crippen molar-refractivity contribution in [1.29, 1.82) is 0 Å². The third-order valence-corrected chi connectivity index (χ3v) is 2.28. The van der Waals surface area contributed by atoms with E-state index in [9.17, 15) is 5.11 Å². The predicted octanol–water partition coefficient (Wildman–Crippen LogP) is 3.65. The van der Waals surface area contributed by atoms with Gasteiger partial charge in [-0.3, -0.25) is 0 Å². The Morgan fingerprint density at radius 3 is 2.57 bits per heavy atom. The molecule has 1 aromatic rings. The van der Waals surface area contributed by atoms with Gasteiger partial charge in [0.05, 0.1) is 6.10 Å². The number of aliphatic hydroxyl groups is 1. The van der Waals surface area contributed by atoms with Crippen LogP contribution in [0.5, 0.6) is 0 Å². The smallest absolute Gasteiger partial charge is 0.0976 e. The zero-order valence-electron chi connectivity index (χ0n) is 8.71. The summed E-state index contributed by atoms with van der Waals surface area (Å²) in [5.74, 6) is 0. The molecule has 1 atom stereocenters. The summed E-state index contributed by atoms with van der Waals surface area (Å²) in [4.78, 5) is 0. The minimum Gasteiger partial charge on any atom is -0.384 e. The fraction of sp³-hybridized carbons (Fsp3) is 0.333. The maximum atomic E-state index is 9.84. The average Bonchev–Trinajstić information content (AvgIpc) is 2.01. The number of allylic oxidation sites excluding steroid dienone is 1. The van der Waals surface area contributed by atoms with Gasteiger partial charge < -0.3 is 5.11 Å². The van der Waals surface area contributed by atoms with E-state index < -0.39 is 6.10 Å². The van der Waals surface area contributed by atoms with Crippen LogP contribution in [-0.2, 0) is 0 Å². The molecule has 0 amide bonds. The maximum Gasteiger partial charge on any atom is 0.0976 e. The summed E-state index contributed by atoms with van der Waals surface area (Å²) < 4.78 is 0. The summed E-state index contributed by atoms with van der Waals surface area (Å²) in [5.41, 5.74) is 3.03. The summed E-state index contributed by atoms with van der Waals surface area (Å²) in [6.45, 7) is 5.88. The van der Waals surface area contributed by atoms with E-state index >= 15 is 0 Å². The highest BCUT2D eigenvalue weighted by molar-refractivity contribution is 6.30. The molecule has 0 aliphatic rings. The Bertz CT molecular complexity index is 351. The number of benzene rings is 1. The topological polar surface area (TPSA) is 20.2 Å². The minimum absolute atomic E-state index is 0.530. The van der Waals surface area contributed by atoms with E-state index in [0.29, 0.717) is 5.02 Å². The summed E-state index contributed by atoms with van der Waals surface area (Å²) in [6.07, 6.45) is 1.30. The van der Waals surface area contributed by atoms with Gasteiger partial charge in [0.25, 0.3) is 0 Å². The fourth-order valence-electron chi connectivity index (χ4n) is 1.38. The second-order valence-corrected chi connectivity index (χ2v) is 4.13.